The molecular formula is C21H23N3O4S2. The number of sulfonamides is 1. The summed E-state index contributed by atoms with van der Waals surface area (Å²) in [5.41, 5.74) is 2.30. The molecule has 2 heterocycles. The largest absolute Gasteiger partial charge is 0.494 e. The molecule has 1 aliphatic rings. The number of ether oxygens (including phenoxy) is 2. The fourth-order valence-corrected chi connectivity index (χ4v) is 5.33. The summed E-state index contributed by atoms with van der Waals surface area (Å²) in [6.45, 7) is 5.47. The molecule has 0 saturated carbocycles. The van der Waals surface area contributed by atoms with Crippen LogP contribution in [0.4, 0.5) is 5.69 Å². The number of nitrogens with zero attached hydrogens (tertiary/aromatic N) is 2. The Morgan fingerprint density at radius 3 is 2.57 bits per heavy atom. The number of benzene rings is 2. The van der Waals surface area contributed by atoms with E-state index in [0.29, 0.717) is 24.7 Å². The van der Waals surface area contributed by atoms with Crippen molar-refractivity contribution in [1.29, 1.82) is 0 Å². The Kier molecular flexibility index (Phi) is 5.92. The van der Waals surface area contributed by atoms with Crippen molar-refractivity contribution in [3.63, 3.8) is 0 Å². The molecule has 0 bridgehead atoms. The van der Waals surface area contributed by atoms with Gasteiger partial charge in [0.1, 0.15) is 16.4 Å². The van der Waals surface area contributed by atoms with E-state index in [2.05, 4.69) is 14.3 Å². The molecule has 2 aromatic carbocycles. The number of fused-ring (bicyclic) bond motifs is 1. The number of rotatable bonds is 8. The van der Waals surface area contributed by atoms with Crippen LogP contribution in [-0.4, -0.2) is 36.9 Å². The zero-order valence-electron chi connectivity index (χ0n) is 16.8. The second-order valence-corrected chi connectivity index (χ2v) is 9.32. The maximum atomic E-state index is 13.0. The van der Waals surface area contributed by atoms with Crippen molar-refractivity contribution in [1.82, 2.24) is 9.55 Å². The van der Waals surface area contributed by atoms with Gasteiger partial charge >= 0.3 is 0 Å². The smallest absolute Gasteiger partial charge is 0.265 e. The van der Waals surface area contributed by atoms with Crippen LogP contribution >= 0.6 is 11.8 Å². The Hall–Kier alpha value is -2.65. The highest BCUT2D eigenvalue weighted by molar-refractivity contribution is 7.99. The Labute approximate surface area is 180 Å². The molecule has 0 fully saturated rings. The van der Waals surface area contributed by atoms with Crippen LogP contribution in [0.25, 0.3) is 11.3 Å². The molecule has 3 aromatic rings. The summed E-state index contributed by atoms with van der Waals surface area (Å²) in [6, 6.07) is 11.9. The first-order valence-electron chi connectivity index (χ1n) is 9.73. The third-order valence-electron chi connectivity index (χ3n) is 4.55. The van der Waals surface area contributed by atoms with Crippen LogP contribution < -0.4 is 14.2 Å². The lowest BCUT2D eigenvalue weighted by Crippen LogP contribution is -2.14. The molecular weight excluding hydrogens is 422 g/mol. The third-order valence-corrected chi connectivity index (χ3v) is 6.94. The predicted octanol–water partition coefficient (Wildman–Crippen LogP) is 4.25. The quantitative estimate of drug-likeness (QED) is 0.558. The van der Waals surface area contributed by atoms with Gasteiger partial charge in [0.05, 0.1) is 18.9 Å². The maximum absolute atomic E-state index is 13.0. The fourth-order valence-electron chi connectivity index (χ4n) is 3.20. The van der Waals surface area contributed by atoms with Crippen molar-refractivity contribution in [3.05, 3.63) is 48.7 Å². The molecule has 4 rings (SSSR count). The van der Waals surface area contributed by atoms with Gasteiger partial charge in [-0.25, -0.2) is 13.4 Å². The van der Waals surface area contributed by atoms with Crippen LogP contribution in [-0.2, 0) is 16.6 Å². The van der Waals surface area contributed by atoms with Gasteiger partial charge in [0.15, 0.2) is 5.16 Å². The molecule has 0 radical (unpaired) electrons. The van der Waals surface area contributed by atoms with E-state index in [1.165, 1.54) is 6.07 Å². The molecule has 30 heavy (non-hydrogen) atoms. The summed E-state index contributed by atoms with van der Waals surface area (Å²) in [7, 11) is -3.83. The van der Waals surface area contributed by atoms with Crippen molar-refractivity contribution in [2.75, 3.05) is 23.7 Å². The standard InChI is InChI=1S/C21H23N3O4S2/c1-3-27-17-9-10-20(19(13-17)28-4-2)30(25,26)23-16-7-5-15(6-8-16)18-14-24-11-12-29-21(24)22-18/h5-10,13-14,23H,3-4,11-12H2,1-2H3. The first-order valence-corrected chi connectivity index (χ1v) is 12.2. The van der Waals surface area contributed by atoms with Gasteiger partial charge in [-0.05, 0) is 38.1 Å². The first kappa shape index (κ1) is 20.6. The Morgan fingerprint density at radius 1 is 1.10 bits per heavy atom. The Bertz CT molecular complexity index is 1120. The van der Waals surface area contributed by atoms with E-state index < -0.39 is 10.0 Å². The summed E-state index contributed by atoms with van der Waals surface area (Å²) >= 11 is 1.74. The van der Waals surface area contributed by atoms with E-state index in [0.717, 1.165) is 28.7 Å². The normalized spacial score (nSPS) is 13.1. The molecule has 0 atom stereocenters. The van der Waals surface area contributed by atoms with Gasteiger partial charge in [0.25, 0.3) is 10.0 Å². The lowest BCUT2D eigenvalue weighted by atomic mass is 10.1. The molecule has 1 aliphatic heterocycles. The lowest BCUT2D eigenvalue weighted by Gasteiger charge is -2.14. The van der Waals surface area contributed by atoms with E-state index in [4.69, 9.17) is 9.47 Å². The average molecular weight is 446 g/mol. The Morgan fingerprint density at radius 2 is 1.87 bits per heavy atom. The summed E-state index contributed by atoms with van der Waals surface area (Å²) in [5, 5.41) is 1.02. The predicted molar refractivity (Wildman–Crippen MR) is 118 cm³/mol. The molecule has 0 spiro atoms. The summed E-state index contributed by atoms with van der Waals surface area (Å²) < 4.78 is 41.7. The molecule has 1 aromatic heterocycles. The van der Waals surface area contributed by atoms with Crippen LogP contribution in [0.5, 0.6) is 11.5 Å². The molecule has 7 nitrogen and oxygen atoms in total. The van der Waals surface area contributed by atoms with E-state index in [9.17, 15) is 8.42 Å². The van der Waals surface area contributed by atoms with E-state index in [1.54, 1.807) is 43.0 Å². The minimum Gasteiger partial charge on any atom is -0.494 e. The van der Waals surface area contributed by atoms with Crippen LogP contribution in [0.3, 0.4) is 0 Å². The fraction of sp³-hybridized carbons (Fsp3) is 0.286. The first-order chi connectivity index (χ1) is 14.5. The minimum atomic E-state index is -3.83. The number of nitrogens with one attached hydrogen (secondary N) is 1. The SMILES string of the molecule is CCOc1ccc(S(=O)(=O)Nc2ccc(-c3cn4c(n3)SCC4)cc2)c(OCC)c1. The zero-order chi connectivity index (χ0) is 21.1. The minimum absolute atomic E-state index is 0.0689. The number of aryl methyl sites for hydroxylation is 1. The van der Waals surface area contributed by atoms with Gasteiger partial charge < -0.3 is 14.0 Å². The second-order valence-electron chi connectivity index (χ2n) is 6.61. The summed E-state index contributed by atoms with van der Waals surface area (Å²) in [6.07, 6.45) is 2.03. The van der Waals surface area contributed by atoms with Crippen LogP contribution in [0.2, 0.25) is 0 Å². The van der Waals surface area contributed by atoms with Gasteiger partial charge in [0.2, 0.25) is 0 Å². The van der Waals surface area contributed by atoms with Crippen molar-refractivity contribution < 1.29 is 17.9 Å². The highest BCUT2D eigenvalue weighted by atomic mass is 32.2. The van der Waals surface area contributed by atoms with Crippen molar-refractivity contribution in [3.8, 4) is 22.8 Å². The Balaban J connectivity index is 1.55. The van der Waals surface area contributed by atoms with Crippen molar-refractivity contribution in [2.45, 2.75) is 30.4 Å². The number of anilines is 1. The molecule has 0 saturated heterocycles. The van der Waals surface area contributed by atoms with Crippen molar-refractivity contribution >= 4 is 27.5 Å². The number of thioether (sulfide) groups is 1. The van der Waals surface area contributed by atoms with Gasteiger partial charge in [-0.1, -0.05) is 23.9 Å². The van der Waals surface area contributed by atoms with Crippen molar-refractivity contribution in [2.24, 2.45) is 0 Å². The summed E-state index contributed by atoms with van der Waals surface area (Å²) in [5.74, 6) is 1.88. The molecule has 0 unspecified atom stereocenters. The lowest BCUT2D eigenvalue weighted by molar-refractivity contribution is 0.317. The number of aromatic nitrogens is 2. The van der Waals surface area contributed by atoms with Gasteiger partial charge in [0, 0.05) is 35.8 Å². The van der Waals surface area contributed by atoms with E-state index >= 15 is 0 Å². The third kappa shape index (κ3) is 4.27. The van der Waals surface area contributed by atoms with Crippen LogP contribution in [0, 0.1) is 0 Å². The number of hydrogen-bond donors (Lipinski definition) is 1. The van der Waals surface area contributed by atoms with Gasteiger partial charge in [-0.3, -0.25) is 4.72 Å². The molecule has 1 N–H and O–H groups in total. The molecule has 0 amide bonds. The van der Waals surface area contributed by atoms with E-state index in [1.807, 2.05) is 25.3 Å². The monoisotopic (exact) mass is 445 g/mol. The zero-order valence-corrected chi connectivity index (χ0v) is 18.4. The van der Waals surface area contributed by atoms with Crippen LogP contribution in [0.15, 0.2) is 58.7 Å². The second kappa shape index (κ2) is 8.61. The van der Waals surface area contributed by atoms with E-state index in [-0.39, 0.29) is 10.6 Å². The highest BCUT2D eigenvalue weighted by Gasteiger charge is 2.21. The number of imidazole rings is 1. The van der Waals surface area contributed by atoms with Gasteiger partial charge in [-0.2, -0.15) is 0 Å². The summed E-state index contributed by atoms with van der Waals surface area (Å²) in [4.78, 5) is 4.70. The maximum Gasteiger partial charge on any atom is 0.265 e. The molecule has 9 heteroatoms. The topological polar surface area (TPSA) is 82.5 Å². The van der Waals surface area contributed by atoms with Gasteiger partial charge in [-0.15, -0.1) is 0 Å². The average Bonchev–Trinajstić information content (AvgIpc) is 3.31. The highest BCUT2D eigenvalue weighted by Crippen LogP contribution is 2.32. The van der Waals surface area contributed by atoms with Crippen LogP contribution in [0.1, 0.15) is 13.8 Å². The molecule has 0 aliphatic carbocycles. The number of hydrogen-bond acceptors (Lipinski definition) is 6. The molecule has 158 valence electrons.